The molecular formula is C14H20N4O2. The van der Waals surface area contributed by atoms with E-state index in [0.29, 0.717) is 29.7 Å². The number of benzene rings is 1. The van der Waals surface area contributed by atoms with E-state index in [1.54, 1.807) is 18.2 Å². The molecule has 1 heterocycles. The molecule has 6 nitrogen and oxygen atoms in total. The summed E-state index contributed by atoms with van der Waals surface area (Å²) in [4.78, 5) is 12.2. The number of hydrogen-bond donors (Lipinski definition) is 4. The van der Waals surface area contributed by atoms with E-state index in [9.17, 15) is 4.79 Å². The largest absolute Gasteiger partial charge is 0.399 e. The van der Waals surface area contributed by atoms with Gasteiger partial charge in [0.1, 0.15) is 0 Å². The fourth-order valence-corrected chi connectivity index (χ4v) is 2.00. The highest BCUT2D eigenvalue weighted by molar-refractivity contribution is 6.05. The summed E-state index contributed by atoms with van der Waals surface area (Å²) in [5.41, 5.74) is 7.28. The molecular weight excluding hydrogens is 256 g/mol. The predicted octanol–water partition coefficient (Wildman–Crippen LogP) is 1.28. The van der Waals surface area contributed by atoms with E-state index in [-0.39, 0.29) is 17.9 Å². The highest BCUT2D eigenvalue weighted by Crippen LogP contribution is 2.20. The van der Waals surface area contributed by atoms with Crippen molar-refractivity contribution in [2.75, 3.05) is 18.9 Å². The van der Waals surface area contributed by atoms with Gasteiger partial charge in [0.05, 0.1) is 5.52 Å². The van der Waals surface area contributed by atoms with E-state index in [1.165, 1.54) is 0 Å². The molecule has 0 saturated carbocycles. The first-order chi connectivity index (χ1) is 9.43. The molecule has 2 rings (SSSR count). The molecule has 0 aliphatic rings. The highest BCUT2D eigenvalue weighted by atomic mass is 16.3. The lowest BCUT2D eigenvalue weighted by molar-refractivity contribution is 0.0925. The number of carbonyl (C=O) groups excluding carboxylic acids is 1. The second-order valence-electron chi connectivity index (χ2n) is 5.70. The van der Waals surface area contributed by atoms with Crippen LogP contribution in [0.1, 0.15) is 30.8 Å². The number of aliphatic hydroxyl groups excluding tert-OH is 1. The van der Waals surface area contributed by atoms with Gasteiger partial charge >= 0.3 is 0 Å². The molecule has 0 bridgehead atoms. The minimum Gasteiger partial charge on any atom is -0.399 e. The Morgan fingerprint density at radius 3 is 2.95 bits per heavy atom. The molecule has 1 aromatic carbocycles. The predicted molar refractivity (Wildman–Crippen MR) is 78.3 cm³/mol. The molecule has 0 fully saturated rings. The fourth-order valence-electron chi connectivity index (χ4n) is 2.00. The molecule has 20 heavy (non-hydrogen) atoms. The molecule has 1 amide bonds. The smallest absolute Gasteiger partial charge is 0.272 e. The van der Waals surface area contributed by atoms with Gasteiger partial charge in [-0.3, -0.25) is 9.89 Å². The first-order valence-corrected chi connectivity index (χ1v) is 6.55. The monoisotopic (exact) mass is 276 g/mol. The standard InChI is InChI=1S/C14H20N4O2/c1-14(2,5-6-19)8-16-13(20)12-10-7-9(15)3-4-11(10)17-18-12/h3-4,7,19H,5-6,8,15H2,1-2H3,(H,16,20)(H,17,18). The summed E-state index contributed by atoms with van der Waals surface area (Å²) in [6.07, 6.45) is 0.627. The van der Waals surface area contributed by atoms with Crippen LogP contribution in [0.2, 0.25) is 0 Å². The molecule has 108 valence electrons. The summed E-state index contributed by atoms with van der Waals surface area (Å²) in [5.74, 6) is -0.243. The number of hydrogen-bond acceptors (Lipinski definition) is 4. The van der Waals surface area contributed by atoms with Crippen LogP contribution in [0.3, 0.4) is 0 Å². The van der Waals surface area contributed by atoms with E-state index in [4.69, 9.17) is 10.8 Å². The quantitative estimate of drug-likeness (QED) is 0.617. The molecule has 1 aromatic heterocycles. The maximum atomic E-state index is 12.2. The Balaban J connectivity index is 2.14. The normalized spacial score (nSPS) is 11.8. The summed E-state index contributed by atoms with van der Waals surface area (Å²) < 4.78 is 0. The first kappa shape index (κ1) is 14.3. The Labute approximate surface area is 117 Å². The number of nitrogens with one attached hydrogen (secondary N) is 2. The Bertz CT molecular complexity index is 619. The van der Waals surface area contributed by atoms with Gasteiger partial charge in [0.2, 0.25) is 0 Å². The van der Waals surface area contributed by atoms with E-state index in [2.05, 4.69) is 15.5 Å². The van der Waals surface area contributed by atoms with Gasteiger partial charge in [0.15, 0.2) is 5.69 Å². The summed E-state index contributed by atoms with van der Waals surface area (Å²) in [5, 5.41) is 19.4. The van der Waals surface area contributed by atoms with Crippen molar-refractivity contribution < 1.29 is 9.90 Å². The van der Waals surface area contributed by atoms with Gasteiger partial charge in [-0.05, 0) is 30.0 Å². The zero-order valence-electron chi connectivity index (χ0n) is 11.7. The van der Waals surface area contributed by atoms with Crippen molar-refractivity contribution in [3.63, 3.8) is 0 Å². The molecule has 6 heteroatoms. The molecule has 0 saturated heterocycles. The third-order valence-corrected chi connectivity index (χ3v) is 3.32. The molecule has 0 aliphatic heterocycles. The zero-order chi connectivity index (χ0) is 14.8. The lowest BCUT2D eigenvalue weighted by Gasteiger charge is -2.23. The number of fused-ring (bicyclic) bond motifs is 1. The van der Waals surface area contributed by atoms with Crippen molar-refractivity contribution in [2.45, 2.75) is 20.3 Å². The minimum atomic E-state index is -0.243. The Morgan fingerprint density at radius 1 is 1.50 bits per heavy atom. The van der Waals surface area contributed by atoms with Gasteiger partial charge in [-0.25, -0.2) is 0 Å². The van der Waals surface area contributed by atoms with Gasteiger partial charge in [-0.2, -0.15) is 5.10 Å². The van der Waals surface area contributed by atoms with Crippen LogP contribution in [-0.4, -0.2) is 34.4 Å². The molecule has 5 N–H and O–H groups in total. The third-order valence-electron chi connectivity index (χ3n) is 3.32. The molecule has 0 atom stereocenters. The van der Waals surface area contributed by atoms with E-state index in [0.717, 1.165) is 5.52 Å². The average Bonchev–Trinajstić information content (AvgIpc) is 2.79. The van der Waals surface area contributed by atoms with Crippen LogP contribution in [0.5, 0.6) is 0 Å². The van der Waals surface area contributed by atoms with E-state index < -0.39 is 0 Å². The molecule has 2 aromatic rings. The number of H-pyrrole nitrogens is 1. The summed E-state index contributed by atoms with van der Waals surface area (Å²) in [6, 6.07) is 5.28. The van der Waals surface area contributed by atoms with Crippen LogP contribution in [0.15, 0.2) is 18.2 Å². The number of nitrogens with zero attached hydrogens (tertiary/aromatic N) is 1. The number of nitrogen functional groups attached to an aromatic ring is 1. The van der Waals surface area contributed by atoms with Crippen molar-refractivity contribution in [2.24, 2.45) is 5.41 Å². The Morgan fingerprint density at radius 2 is 2.25 bits per heavy atom. The number of aromatic amines is 1. The van der Waals surface area contributed by atoms with Crippen molar-refractivity contribution in [1.82, 2.24) is 15.5 Å². The second kappa shape index (κ2) is 5.50. The van der Waals surface area contributed by atoms with Gasteiger partial charge in [0.25, 0.3) is 5.91 Å². The van der Waals surface area contributed by atoms with Crippen LogP contribution in [0.4, 0.5) is 5.69 Å². The lowest BCUT2D eigenvalue weighted by Crippen LogP contribution is -2.34. The van der Waals surface area contributed by atoms with Crippen LogP contribution in [-0.2, 0) is 0 Å². The lowest BCUT2D eigenvalue weighted by atomic mass is 9.90. The summed E-state index contributed by atoms with van der Waals surface area (Å²) in [6.45, 7) is 4.56. The topological polar surface area (TPSA) is 104 Å². The van der Waals surface area contributed by atoms with Crippen molar-refractivity contribution in [3.8, 4) is 0 Å². The van der Waals surface area contributed by atoms with Gasteiger partial charge < -0.3 is 16.2 Å². The fraction of sp³-hybridized carbons (Fsp3) is 0.429. The van der Waals surface area contributed by atoms with Crippen LogP contribution < -0.4 is 11.1 Å². The van der Waals surface area contributed by atoms with Crippen LogP contribution in [0, 0.1) is 5.41 Å². The number of aromatic nitrogens is 2. The van der Waals surface area contributed by atoms with Gasteiger partial charge in [-0.15, -0.1) is 0 Å². The van der Waals surface area contributed by atoms with E-state index in [1.807, 2.05) is 13.8 Å². The second-order valence-corrected chi connectivity index (χ2v) is 5.70. The maximum absolute atomic E-state index is 12.2. The molecule has 0 unspecified atom stereocenters. The molecule has 0 aliphatic carbocycles. The maximum Gasteiger partial charge on any atom is 0.272 e. The van der Waals surface area contributed by atoms with Crippen LogP contribution >= 0.6 is 0 Å². The SMILES string of the molecule is CC(C)(CCO)CNC(=O)c1n[nH]c2ccc(N)cc12. The third kappa shape index (κ3) is 3.08. The van der Waals surface area contributed by atoms with Crippen molar-refractivity contribution in [1.29, 1.82) is 0 Å². The Kier molecular flexibility index (Phi) is 3.94. The average molecular weight is 276 g/mol. The van der Waals surface area contributed by atoms with Gasteiger partial charge in [0, 0.05) is 24.2 Å². The first-order valence-electron chi connectivity index (χ1n) is 6.55. The number of nitrogens with two attached hydrogens (primary N) is 1. The van der Waals surface area contributed by atoms with Crippen molar-refractivity contribution >= 4 is 22.5 Å². The summed E-state index contributed by atoms with van der Waals surface area (Å²) in [7, 11) is 0. The number of amides is 1. The number of anilines is 1. The molecule has 0 spiro atoms. The minimum absolute atomic E-state index is 0.102. The summed E-state index contributed by atoms with van der Waals surface area (Å²) >= 11 is 0. The zero-order valence-corrected chi connectivity index (χ0v) is 11.7. The van der Waals surface area contributed by atoms with Crippen LogP contribution in [0.25, 0.3) is 10.9 Å². The number of rotatable bonds is 5. The number of aliphatic hydroxyl groups is 1. The van der Waals surface area contributed by atoms with E-state index >= 15 is 0 Å². The highest BCUT2D eigenvalue weighted by Gasteiger charge is 2.20. The van der Waals surface area contributed by atoms with Crippen molar-refractivity contribution in [3.05, 3.63) is 23.9 Å². The molecule has 0 radical (unpaired) electrons. The van der Waals surface area contributed by atoms with Gasteiger partial charge in [-0.1, -0.05) is 13.8 Å². The Hall–Kier alpha value is -2.08. The number of carbonyl (C=O) groups is 1.